The highest BCUT2D eigenvalue weighted by Gasteiger charge is 2.27. The number of nitrogens with zero attached hydrogens (tertiary/aromatic N) is 1. The Labute approximate surface area is 170 Å². The number of quaternary nitrogens is 1. The molecule has 2 heterocycles. The van der Waals surface area contributed by atoms with Gasteiger partial charge in [0.2, 0.25) is 0 Å². The third-order valence-corrected chi connectivity index (χ3v) is 5.58. The van der Waals surface area contributed by atoms with Crippen molar-refractivity contribution in [3.63, 3.8) is 0 Å². The molecule has 28 heavy (non-hydrogen) atoms. The van der Waals surface area contributed by atoms with Gasteiger partial charge in [0, 0.05) is 16.1 Å². The Morgan fingerprint density at radius 2 is 1.75 bits per heavy atom. The maximum Gasteiger partial charge on any atom is 0.257 e. The van der Waals surface area contributed by atoms with E-state index in [0.29, 0.717) is 22.1 Å². The van der Waals surface area contributed by atoms with Gasteiger partial charge in [0.1, 0.15) is 18.1 Å². The molecular weight excluding hydrogens is 372 g/mol. The molecule has 1 fully saturated rings. The summed E-state index contributed by atoms with van der Waals surface area (Å²) in [4.78, 5) is 16.5. The van der Waals surface area contributed by atoms with Crippen LogP contribution >= 0.6 is 11.6 Å². The maximum atomic E-state index is 13.0. The van der Waals surface area contributed by atoms with Crippen molar-refractivity contribution in [2.24, 2.45) is 0 Å². The molecular formula is C23H24ClN2O2+. The van der Waals surface area contributed by atoms with Gasteiger partial charge < -0.3 is 14.2 Å². The van der Waals surface area contributed by atoms with Gasteiger partial charge in [-0.1, -0.05) is 41.9 Å². The molecule has 1 aliphatic rings. The van der Waals surface area contributed by atoms with Crippen LogP contribution in [0.25, 0.3) is 11.3 Å². The van der Waals surface area contributed by atoms with Crippen LogP contribution in [0.5, 0.6) is 0 Å². The van der Waals surface area contributed by atoms with Crippen LogP contribution in [0.3, 0.4) is 0 Å². The van der Waals surface area contributed by atoms with Gasteiger partial charge in [0.15, 0.2) is 0 Å². The number of carbonyl (C=O) groups excluding carboxylic acids is 1. The molecule has 1 amide bonds. The fourth-order valence-corrected chi connectivity index (χ4v) is 3.83. The zero-order chi connectivity index (χ0) is 19.5. The largest absolute Gasteiger partial charge is 0.461 e. The Bertz CT molecular complexity index is 942. The first-order valence-electron chi connectivity index (χ1n) is 9.63. The van der Waals surface area contributed by atoms with Gasteiger partial charge in [-0.15, -0.1) is 0 Å². The lowest BCUT2D eigenvalue weighted by molar-refractivity contribution is -0.917. The van der Waals surface area contributed by atoms with Gasteiger partial charge in [-0.2, -0.15) is 0 Å². The molecule has 3 aromatic rings. The highest BCUT2D eigenvalue weighted by molar-refractivity contribution is 6.30. The van der Waals surface area contributed by atoms with Crippen LogP contribution in [0, 0.1) is 6.92 Å². The van der Waals surface area contributed by atoms with Crippen LogP contribution in [-0.4, -0.2) is 37.0 Å². The number of rotatable bonds is 4. The Morgan fingerprint density at radius 3 is 2.43 bits per heavy atom. The van der Waals surface area contributed by atoms with Crippen LogP contribution in [0.4, 0.5) is 0 Å². The highest BCUT2D eigenvalue weighted by atomic mass is 35.5. The van der Waals surface area contributed by atoms with Gasteiger partial charge in [0.05, 0.1) is 31.7 Å². The summed E-state index contributed by atoms with van der Waals surface area (Å²) >= 11 is 5.96. The lowest BCUT2D eigenvalue weighted by Gasteiger charge is -2.32. The Kier molecular flexibility index (Phi) is 5.51. The third kappa shape index (κ3) is 4.13. The predicted octanol–water partition coefficient (Wildman–Crippen LogP) is 3.45. The van der Waals surface area contributed by atoms with Crippen LogP contribution in [-0.2, 0) is 6.54 Å². The molecule has 5 heteroatoms. The lowest BCUT2D eigenvalue weighted by atomic mass is 10.1. The molecule has 144 valence electrons. The molecule has 0 bridgehead atoms. The number of amides is 1. The number of halogens is 1. The van der Waals surface area contributed by atoms with Crippen LogP contribution in [0.1, 0.15) is 21.7 Å². The normalized spacial score (nSPS) is 15.0. The minimum absolute atomic E-state index is 0.0558. The molecule has 0 unspecified atom stereocenters. The first kappa shape index (κ1) is 18.8. The number of hydrogen-bond donors (Lipinski definition) is 1. The van der Waals surface area contributed by atoms with Crippen molar-refractivity contribution < 1.29 is 14.1 Å². The molecule has 1 saturated heterocycles. The second kappa shape index (κ2) is 8.21. The van der Waals surface area contributed by atoms with E-state index in [1.807, 2.05) is 48.2 Å². The van der Waals surface area contributed by atoms with Crippen molar-refractivity contribution in [1.82, 2.24) is 4.90 Å². The van der Waals surface area contributed by atoms with E-state index in [1.165, 1.54) is 10.5 Å². The fraction of sp³-hybridized carbons (Fsp3) is 0.261. The number of nitrogens with one attached hydrogen (secondary N) is 1. The summed E-state index contributed by atoms with van der Waals surface area (Å²) in [5.74, 6) is 1.42. The molecule has 4 nitrogen and oxygen atoms in total. The van der Waals surface area contributed by atoms with Gasteiger partial charge in [0.25, 0.3) is 5.91 Å². The number of hydrogen-bond acceptors (Lipinski definition) is 2. The summed E-state index contributed by atoms with van der Waals surface area (Å²) < 4.78 is 5.86. The second-order valence-electron chi connectivity index (χ2n) is 7.29. The van der Waals surface area contributed by atoms with Crippen molar-refractivity contribution >= 4 is 17.5 Å². The van der Waals surface area contributed by atoms with Crippen molar-refractivity contribution in [3.05, 3.63) is 82.6 Å². The second-order valence-corrected chi connectivity index (χ2v) is 7.73. The minimum Gasteiger partial charge on any atom is -0.461 e. The highest BCUT2D eigenvalue weighted by Crippen LogP contribution is 2.27. The van der Waals surface area contributed by atoms with E-state index < -0.39 is 0 Å². The van der Waals surface area contributed by atoms with Gasteiger partial charge in [-0.25, -0.2) is 0 Å². The van der Waals surface area contributed by atoms with E-state index in [4.69, 9.17) is 16.0 Å². The van der Waals surface area contributed by atoms with Crippen molar-refractivity contribution in [3.8, 4) is 11.3 Å². The summed E-state index contributed by atoms with van der Waals surface area (Å²) in [6.07, 6.45) is 0. The first-order valence-corrected chi connectivity index (χ1v) is 10.0. The van der Waals surface area contributed by atoms with Crippen molar-refractivity contribution in [2.45, 2.75) is 13.5 Å². The molecule has 2 aromatic carbocycles. The smallest absolute Gasteiger partial charge is 0.257 e. The molecule has 4 rings (SSSR count). The van der Waals surface area contributed by atoms with Gasteiger partial charge >= 0.3 is 0 Å². The van der Waals surface area contributed by atoms with E-state index in [9.17, 15) is 4.79 Å². The SMILES string of the molecule is Cc1oc(-c2ccc(Cl)cc2)cc1C(=O)N1CC[NH+](Cc2ccccc2)CC1. The Morgan fingerprint density at radius 1 is 1.07 bits per heavy atom. The number of piperazine rings is 1. The van der Waals surface area contributed by atoms with Gasteiger partial charge in [-0.3, -0.25) is 4.79 Å². The molecule has 1 aliphatic heterocycles. The first-order chi connectivity index (χ1) is 13.6. The molecule has 1 aromatic heterocycles. The monoisotopic (exact) mass is 395 g/mol. The van der Waals surface area contributed by atoms with E-state index in [1.54, 1.807) is 0 Å². The lowest BCUT2D eigenvalue weighted by Crippen LogP contribution is -3.13. The van der Waals surface area contributed by atoms with Crippen molar-refractivity contribution in [2.75, 3.05) is 26.2 Å². The summed E-state index contributed by atoms with van der Waals surface area (Å²) in [6.45, 7) is 6.31. The molecule has 0 radical (unpaired) electrons. The number of carbonyl (C=O) groups is 1. The summed E-state index contributed by atoms with van der Waals surface area (Å²) in [5, 5.41) is 0.680. The van der Waals surface area contributed by atoms with Crippen LogP contribution in [0.15, 0.2) is 65.1 Å². The van der Waals surface area contributed by atoms with E-state index >= 15 is 0 Å². The zero-order valence-electron chi connectivity index (χ0n) is 16.0. The van der Waals surface area contributed by atoms with Crippen LogP contribution < -0.4 is 4.90 Å². The number of furan rings is 1. The molecule has 0 atom stereocenters. The standard InChI is InChI=1S/C23H23ClN2O2/c1-17-21(15-22(28-17)19-7-9-20(24)10-8-19)23(27)26-13-11-25(12-14-26)16-18-5-3-2-4-6-18/h2-10,15H,11-14,16H2,1H3/p+1. The van der Waals surface area contributed by atoms with E-state index in [2.05, 4.69) is 24.3 Å². The summed E-state index contributed by atoms with van der Waals surface area (Å²) in [5.41, 5.74) is 2.91. The Balaban J connectivity index is 1.41. The van der Waals surface area contributed by atoms with E-state index in [0.717, 1.165) is 38.3 Å². The molecule has 0 saturated carbocycles. The number of benzene rings is 2. The average molecular weight is 396 g/mol. The fourth-order valence-electron chi connectivity index (χ4n) is 3.71. The molecule has 0 aliphatic carbocycles. The molecule has 1 N–H and O–H groups in total. The maximum absolute atomic E-state index is 13.0. The summed E-state index contributed by atoms with van der Waals surface area (Å²) in [6, 6.07) is 19.8. The third-order valence-electron chi connectivity index (χ3n) is 5.33. The summed E-state index contributed by atoms with van der Waals surface area (Å²) in [7, 11) is 0. The molecule has 0 spiro atoms. The number of aryl methyl sites for hydroxylation is 1. The predicted molar refractivity (Wildman–Crippen MR) is 111 cm³/mol. The average Bonchev–Trinajstić information content (AvgIpc) is 3.11. The minimum atomic E-state index is 0.0558. The van der Waals surface area contributed by atoms with Crippen LogP contribution in [0.2, 0.25) is 5.02 Å². The zero-order valence-corrected chi connectivity index (χ0v) is 16.7. The van der Waals surface area contributed by atoms with E-state index in [-0.39, 0.29) is 5.91 Å². The van der Waals surface area contributed by atoms with Gasteiger partial charge in [-0.05, 0) is 37.3 Å². The Hall–Kier alpha value is -2.56. The topological polar surface area (TPSA) is 37.9 Å². The van der Waals surface area contributed by atoms with Crippen molar-refractivity contribution in [1.29, 1.82) is 0 Å². The quantitative estimate of drug-likeness (QED) is 0.734.